The molecule has 1 atom stereocenters. The fourth-order valence-electron chi connectivity index (χ4n) is 2.36. The highest BCUT2D eigenvalue weighted by atomic mass is 79.9. The molecule has 1 rings (SSSR count). The summed E-state index contributed by atoms with van der Waals surface area (Å²) in [4.78, 5) is 4.04. The van der Waals surface area contributed by atoms with Crippen molar-refractivity contribution in [3.8, 4) is 0 Å². The Labute approximate surface area is 133 Å². The topological polar surface area (TPSA) is 65.1 Å². The molecule has 0 aliphatic heterocycles. The molecule has 0 heterocycles. The standard InChI is InChI=1S/C14H22BrFN4O/c1-5-20(9(2)8-19(3)4)11-7-6-10(14(17)18-21)12(15)13(11)16/h6-7,9,21H,5,8H2,1-4H3,(H2,17,18). The van der Waals surface area contributed by atoms with Crippen molar-refractivity contribution < 1.29 is 9.60 Å². The van der Waals surface area contributed by atoms with Crippen LogP contribution in [0.1, 0.15) is 19.4 Å². The molecule has 1 unspecified atom stereocenters. The number of hydrogen-bond acceptors (Lipinski definition) is 4. The lowest BCUT2D eigenvalue weighted by Gasteiger charge is -2.32. The van der Waals surface area contributed by atoms with Crippen LogP contribution in [0.4, 0.5) is 10.1 Å². The second-order valence-electron chi connectivity index (χ2n) is 5.14. The molecule has 0 aliphatic rings. The van der Waals surface area contributed by atoms with Crippen LogP contribution in [-0.4, -0.2) is 49.2 Å². The van der Waals surface area contributed by atoms with Crippen LogP contribution in [0.15, 0.2) is 21.8 Å². The minimum absolute atomic E-state index is 0.128. The van der Waals surface area contributed by atoms with E-state index < -0.39 is 5.82 Å². The van der Waals surface area contributed by atoms with E-state index in [1.165, 1.54) is 0 Å². The van der Waals surface area contributed by atoms with Crippen molar-refractivity contribution >= 4 is 27.5 Å². The lowest BCUT2D eigenvalue weighted by Crippen LogP contribution is -2.40. The Balaban J connectivity index is 3.21. The molecule has 21 heavy (non-hydrogen) atoms. The van der Waals surface area contributed by atoms with E-state index in [1.807, 2.05) is 32.8 Å². The zero-order valence-corrected chi connectivity index (χ0v) is 14.4. The first-order chi connectivity index (χ1) is 9.83. The Morgan fingerprint density at radius 3 is 2.57 bits per heavy atom. The molecule has 0 spiro atoms. The molecule has 0 aliphatic carbocycles. The number of benzene rings is 1. The highest BCUT2D eigenvalue weighted by molar-refractivity contribution is 9.10. The van der Waals surface area contributed by atoms with Gasteiger partial charge in [0.15, 0.2) is 11.7 Å². The molecule has 3 N–H and O–H groups in total. The number of nitrogens with two attached hydrogens (primary N) is 1. The van der Waals surface area contributed by atoms with Gasteiger partial charge in [-0.05, 0) is 56.0 Å². The number of likely N-dealkylation sites (N-methyl/N-ethyl adjacent to an activating group) is 2. The summed E-state index contributed by atoms with van der Waals surface area (Å²) in [5.74, 6) is -0.539. The Morgan fingerprint density at radius 1 is 1.48 bits per heavy atom. The molecule has 5 nitrogen and oxygen atoms in total. The normalized spacial score (nSPS) is 13.6. The number of nitrogens with zero attached hydrogens (tertiary/aromatic N) is 3. The minimum Gasteiger partial charge on any atom is -0.409 e. The Kier molecular flexibility index (Phi) is 6.42. The first-order valence-electron chi connectivity index (χ1n) is 6.70. The van der Waals surface area contributed by atoms with E-state index in [4.69, 9.17) is 10.9 Å². The van der Waals surface area contributed by atoms with Crippen LogP contribution in [0, 0.1) is 5.82 Å². The molecule has 0 amide bonds. The summed E-state index contributed by atoms with van der Waals surface area (Å²) >= 11 is 3.19. The second-order valence-corrected chi connectivity index (χ2v) is 5.94. The summed E-state index contributed by atoms with van der Waals surface area (Å²) in [5.41, 5.74) is 6.35. The number of rotatable bonds is 6. The van der Waals surface area contributed by atoms with E-state index in [-0.39, 0.29) is 16.4 Å². The number of oxime groups is 1. The molecule has 0 aromatic heterocycles. The third-order valence-electron chi connectivity index (χ3n) is 3.26. The van der Waals surface area contributed by atoms with Gasteiger partial charge in [-0.3, -0.25) is 0 Å². The first kappa shape index (κ1) is 17.7. The summed E-state index contributed by atoms with van der Waals surface area (Å²) in [7, 11) is 3.97. The molecule has 0 bridgehead atoms. The van der Waals surface area contributed by atoms with Gasteiger partial charge in [0.2, 0.25) is 0 Å². The molecule has 7 heteroatoms. The van der Waals surface area contributed by atoms with Crippen LogP contribution in [0.3, 0.4) is 0 Å². The minimum atomic E-state index is -0.411. The van der Waals surface area contributed by atoms with Gasteiger partial charge in [-0.2, -0.15) is 0 Å². The fourth-order valence-corrected chi connectivity index (χ4v) is 2.90. The molecule has 118 valence electrons. The van der Waals surface area contributed by atoms with E-state index in [1.54, 1.807) is 12.1 Å². The van der Waals surface area contributed by atoms with E-state index >= 15 is 0 Å². The van der Waals surface area contributed by atoms with E-state index in [9.17, 15) is 4.39 Å². The number of anilines is 1. The third kappa shape index (κ3) is 4.07. The summed E-state index contributed by atoms with van der Waals surface area (Å²) in [6.45, 7) is 5.53. The van der Waals surface area contributed by atoms with Gasteiger partial charge in [-0.25, -0.2) is 4.39 Å². The van der Waals surface area contributed by atoms with Gasteiger partial charge < -0.3 is 20.7 Å². The monoisotopic (exact) mass is 360 g/mol. The number of hydrogen-bond donors (Lipinski definition) is 2. The van der Waals surface area contributed by atoms with Crippen molar-refractivity contribution in [2.45, 2.75) is 19.9 Å². The van der Waals surface area contributed by atoms with E-state index in [0.29, 0.717) is 17.8 Å². The predicted molar refractivity (Wildman–Crippen MR) is 87.6 cm³/mol. The Morgan fingerprint density at radius 2 is 2.10 bits per heavy atom. The summed E-state index contributed by atoms with van der Waals surface area (Å²) < 4.78 is 14.8. The van der Waals surface area contributed by atoms with Gasteiger partial charge in [-0.15, -0.1) is 0 Å². The molecule has 0 saturated carbocycles. The van der Waals surface area contributed by atoms with E-state index in [0.717, 1.165) is 6.54 Å². The fraction of sp³-hybridized carbons (Fsp3) is 0.500. The van der Waals surface area contributed by atoms with Crippen molar-refractivity contribution in [2.24, 2.45) is 10.9 Å². The van der Waals surface area contributed by atoms with Gasteiger partial charge in [0.05, 0.1) is 10.2 Å². The molecule has 1 aromatic carbocycles. The van der Waals surface area contributed by atoms with Gasteiger partial charge in [0.1, 0.15) is 0 Å². The zero-order chi connectivity index (χ0) is 16.2. The van der Waals surface area contributed by atoms with Crippen molar-refractivity contribution in [2.75, 3.05) is 32.1 Å². The largest absolute Gasteiger partial charge is 0.409 e. The van der Waals surface area contributed by atoms with Crippen molar-refractivity contribution in [1.29, 1.82) is 0 Å². The lowest BCUT2D eigenvalue weighted by molar-refractivity contribution is 0.318. The average Bonchev–Trinajstić information content (AvgIpc) is 2.42. The molecular weight excluding hydrogens is 339 g/mol. The van der Waals surface area contributed by atoms with Gasteiger partial charge in [0, 0.05) is 24.7 Å². The quantitative estimate of drug-likeness (QED) is 0.354. The van der Waals surface area contributed by atoms with Crippen LogP contribution in [0.5, 0.6) is 0 Å². The molecule has 0 saturated heterocycles. The molecule has 0 fully saturated rings. The Hall–Kier alpha value is -1.34. The average molecular weight is 361 g/mol. The first-order valence-corrected chi connectivity index (χ1v) is 7.50. The maximum Gasteiger partial charge on any atom is 0.171 e. The van der Waals surface area contributed by atoms with Crippen LogP contribution in [0.25, 0.3) is 0 Å². The zero-order valence-electron chi connectivity index (χ0n) is 12.8. The van der Waals surface area contributed by atoms with Crippen molar-refractivity contribution in [1.82, 2.24) is 4.90 Å². The maximum absolute atomic E-state index is 14.6. The van der Waals surface area contributed by atoms with Crippen LogP contribution in [-0.2, 0) is 0 Å². The van der Waals surface area contributed by atoms with Crippen LogP contribution in [0.2, 0.25) is 0 Å². The van der Waals surface area contributed by atoms with Crippen LogP contribution >= 0.6 is 15.9 Å². The predicted octanol–water partition coefficient (Wildman–Crippen LogP) is 2.46. The maximum atomic E-state index is 14.6. The summed E-state index contributed by atoms with van der Waals surface area (Å²) in [6.07, 6.45) is 0. The van der Waals surface area contributed by atoms with Gasteiger partial charge in [0.25, 0.3) is 0 Å². The molecule has 0 radical (unpaired) electrons. The summed E-state index contributed by atoms with van der Waals surface area (Å²) in [5, 5.41) is 11.6. The molecule has 1 aromatic rings. The smallest absolute Gasteiger partial charge is 0.171 e. The van der Waals surface area contributed by atoms with E-state index in [2.05, 4.69) is 26.0 Å². The lowest BCUT2D eigenvalue weighted by atomic mass is 10.1. The number of halogens is 2. The number of amidine groups is 1. The van der Waals surface area contributed by atoms with Crippen molar-refractivity contribution in [3.63, 3.8) is 0 Å². The SMILES string of the molecule is CCN(c1ccc(/C(N)=N/O)c(Br)c1F)C(C)CN(C)C. The van der Waals surface area contributed by atoms with Crippen molar-refractivity contribution in [3.05, 3.63) is 28.0 Å². The highest BCUT2D eigenvalue weighted by Gasteiger charge is 2.21. The Bertz CT molecular complexity index is 522. The molecular formula is C14H22BrFN4O. The van der Waals surface area contributed by atoms with Gasteiger partial charge >= 0.3 is 0 Å². The second kappa shape index (κ2) is 7.61. The van der Waals surface area contributed by atoms with Gasteiger partial charge in [-0.1, -0.05) is 5.16 Å². The highest BCUT2D eigenvalue weighted by Crippen LogP contribution is 2.30. The third-order valence-corrected chi connectivity index (χ3v) is 4.03. The summed E-state index contributed by atoms with van der Waals surface area (Å²) in [6, 6.07) is 3.45. The van der Waals surface area contributed by atoms with Crippen LogP contribution < -0.4 is 10.6 Å².